The zero-order chi connectivity index (χ0) is 20.7. The van der Waals surface area contributed by atoms with E-state index in [2.05, 4.69) is 27.5 Å². The molecule has 1 N–H and O–H groups in total. The first kappa shape index (κ1) is 20.5. The largest absolute Gasteiger partial charge is 0.305 e. The molecule has 1 aromatic carbocycles. The van der Waals surface area contributed by atoms with Gasteiger partial charge in [-0.05, 0) is 37.3 Å². The van der Waals surface area contributed by atoms with Gasteiger partial charge in [0.15, 0.2) is 5.69 Å². The van der Waals surface area contributed by atoms with Crippen LogP contribution in [0.25, 0.3) is 0 Å². The van der Waals surface area contributed by atoms with E-state index in [1.54, 1.807) is 6.20 Å². The van der Waals surface area contributed by atoms with Gasteiger partial charge in [-0.15, -0.1) is 0 Å². The fourth-order valence-corrected chi connectivity index (χ4v) is 4.44. The average molecular weight is 470 g/mol. The van der Waals surface area contributed by atoms with E-state index in [4.69, 9.17) is 46.4 Å². The molecule has 9 heteroatoms. The molecule has 3 aromatic rings. The summed E-state index contributed by atoms with van der Waals surface area (Å²) in [5.74, 6) is 0.0428. The molecule has 0 fully saturated rings. The number of nitrogens with zero attached hydrogens (tertiary/aromatic N) is 3. The number of anilines is 1. The van der Waals surface area contributed by atoms with Crippen molar-refractivity contribution in [1.82, 2.24) is 14.8 Å². The fraction of sp³-hybridized carbons (Fsp3) is 0.250. The Morgan fingerprint density at radius 1 is 1.14 bits per heavy atom. The van der Waals surface area contributed by atoms with Gasteiger partial charge in [-0.1, -0.05) is 70.7 Å². The molecule has 0 aliphatic heterocycles. The minimum absolute atomic E-state index is 0.00918. The molecular weight excluding hydrogens is 454 g/mol. The van der Waals surface area contributed by atoms with E-state index in [-0.39, 0.29) is 32.0 Å². The van der Waals surface area contributed by atoms with Gasteiger partial charge >= 0.3 is 0 Å². The molecule has 0 spiro atoms. The van der Waals surface area contributed by atoms with Crippen LogP contribution in [0, 0.1) is 6.92 Å². The molecule has 0 bridgehead atoms. The summed E-state index contributed by atoms with van der Waals surface area (Å²) in [6, 6.07) is 8.34. The van der Waals surface area contributed by atoms with Gasteiger partial charge in [0.1, 0.15) is 11.0 Å². The van der Waals surface area contributed by atoms with Crippen LogP contribution < -0.4 is 5.32 Å². The number of hydrogen-bond acceptors (Lipinski definition) is 3. The maximum Gasteiger partial charge on any atom is 0.277 e. The zero-order valence-electron chi connectivity index (χ0n) is 15.3. The van der Waals surface area contributed by atoms with Crippen molar-refractivity contribution in [1.29, 1.82) is 0 Å². The number of hydrogen-bond donors (Lipinski definition) is 1. The predicted molar refractivity (Wildman–Crippen MR) is 117 cm³/mol. The van der Waals surface area contributed by atoms with E-state index >= 15 is 0 Å². The number of aryl methyl sites for hydroxylation is 2. The lowest BCUT2D eigenvalue weighted by Crippen LogP contribution is -2.23. The number of amides is 1. The summed E-state index contributed by atoms with van der Waals surface area (Å²) in [4.78, 5) is 16.9. The molecule has 4 rings (SSSR count). The second-order valence-corrected chi connectivity index (χ2v) is 8.37. The number of carbonyl (C=O) groups is 1. The highest BCUT2D eigenvalue weighted by atomic mass is 35.5. The molecular formula is C20H16Cl4N4O. The summed E-state index contributed by atoms with van der Waals surface area (Å²) >= 11 is 24.2. The Morgan fingerprint density at radius 2 is 1.90 bits per heavy atom. The minimum atomic E-state index is -0.538. The Morgan fingerprint density at radius 3 is 2.69 bits per heavy atom. The highest BCUT2D eigenvalue weighted by molar-refractivity contribution is 6.52. The van der Waals surface area contributed by atoms with Gasteiger partial charge in [0.25, 0.3) is 5.91 Å². The van der Waals surface area contributed by atoms with Crippen LogP contribution >= 0.6 is 46.4 Å². The Balaban J connectivity index is 1.71. The van der Waals surface area contributed by atoms with Crippen molar-refractivity contribution in [3.05, 3.63) is 73.1 Å². The Hall–Kier alpha value is -1.79. The molecule has 5 nitrogen and oxygen atoms in total. The molecule has 0 saturated carbocycles. The third kappa shape index (κ3) is 3.73. The van der Waals surface area contributed by atoms with Crippen LogP contribution in [0.15, 0.2) is 30.5 Å². The molecule has 1 aliphatic carbocycles. The number of aromatic nitrogens is 3. The van der Waals surface area contributed by atoms with Crippen LogP contribution in [0.1, 0.15) is 46.1 Å². The quantitative estimate of drug-likeness (QED) is 0.452. The fourth-order valence-electron chi connectivity index (χ4n) is 3.63. The zero-order valence-corrected chi connectivity index (χ0v) is 18.4. The normalized spacial score (nSPS) is 15.8. The van der Waals surface area contributed by atoms with Crippen molar-refractivity contribution in [3.8, 4) is 0 Å². The number of halogens is 4. The van der Waals surface area contributed by atoms with Crippen LogP contribution in [0.2, 0.25) is 20.2 Å². The first-order valence-corrected chi connectivity index (χ1v) is 10.5. The van der Waals surface area contributed by atoms with Crippen molar-refractivity contribution in [2.45, 2.75) is 32.2 Å². The van der Waals surface area contributed by atoms with E-state index in [0.717, 1.165) is 24.8 Å². The standard InChI is InChI=1S/C20H16Cl4N4O/c1-10-9-25-28(13-8-4-6-11-5-2-3-7-12(11)13)19(10)27-20(29)17-15(22)14(21)16(23)18(24)26-17/h2-3,5,7,9,13H,4,6,8H2,1H3,(H,27,29). The third-order valence-electron chi connectivity index (χ3n) is 5.04. The van der Waals surface area contributed by atoms with Gasteiger partial charge in [0.2, 0.25) is 0 Å². The van der Waals surface area contributed by atoms with E-state index < -0.39 is 5.91 Å². The van der Waals surface area contributed by atoms with Gasteiger partial charge in [-0.3, -0.25) is 4.79 Å². The summed E-state index contributed by atoms with van der Waals surface area (Å²) in [7, 11) is 0. The van der Waals surface area contributed by atoms with Crippen LogP contribution in [-0.4, -0.2) is 20.7 Å². The molecule has 1 aliphatic rings. The molecule has 0 radical (unpaired) electrons. The smallest absolute Gasteiger partial charge is 0.277 e. The van der Waals surface area contributed by atoms with Crippen molar-refractivity contribution in [2.24, 2.45) is 0 Å². The van der Waals surface area contributed by atoms with Crippen molar-refractivity contribution >= 4 is 58.1 Å². The molecule has 1 amide bonds. The topological polar surface area (TPSA) is 59.8 Å². The number of fused-ring (bicyclic) bond motifs is 1. The molecule has 29 heavy (non-hydrogen) atoms. The maximum atomic E-state index is 12.9. The predicted octanol–water partition coefficient (Wildman–Crippen LogP) is 6.38. The summed E-state index contributed by atoms with van der Waals surface area (Å²) in [5.41, 5.74) is 3.24. The van der Waals surface area contributed by atoms with Gasteiger partial charge in [-0.25, -0.2) is 9.67 Å². The van der Waals surface area contributed by atoms with Gasteiger partial charge < -0.3 is 5.32 Å². The number of pyridine rings is 1. The second-order valence-electron chi connectivity index (χ2n) is 6.87. The van der Waals surface area contributed by atoms with E-state index in [1.165, 1.54) is 11.1 Å². The summed E-state index contributed by atoms with van der Waals surface area (Å²) in [5, 5.41) is 7.27. The molecule has 1 unspecified atom stereocenters. The minimum Gasteiger partial charge on any atom is -0.305 e. The van der Waals surface area contributed by atoms with Crippen molar-refractivity contribution in [2.75, 3.05) is 5.32 Å². The Kier molecular flexibility index (Phi) is 5.76. The van der Waals surface area contributed by atoms with Crippen LogP contribution in [0.3, 0.4) is 0 Å². The van der Waals surface area contributed by atoms with Crippen LogP contribution in [0.4, 0.5) is 5.82 Å². The van der Waals surface area contributed by atoms with Gasteiger partial charge in [0, 0.05) is 5.56 Å². The molecule has 0 saturated heterocycles. The summed E-state index contributed by atoms with van der Waals surface area (Å²) in [6.45, 7) is 1.88. The number of nitrogens with one attached hydrogen (secondary N) is 1. The van der Waals surface area contributed by atoms with Crippen molar-refractivity contribution < 1.29 is 4.79 Å². The van der Waals surface area contributed by atoms with Gasteiger partial charge in [0.05, 0.1) is 27.3 Å². The lowest BCUT2D eigenvalue weighted by Gasteiger charge is -2.27. The molecule has 2 aromatic heterocycles. The third-order valence-corrected chi connectivity index (χ3v) is 6.72. The number of carbonyl (C=O) groups excluding carboxylic acids is 1. The van der Waals surface area contributed by atoms with E-state index in [1.807, 2.05) is 23.7 Å². The first-order valence-electron chi connectivity index (χ1n) is 9.01. The Bertz CT molecular complexity index is 1110. The lowest BCUT2D eigenvalue weighted by atomic mass is 9.88. The molecule has 150 valence electrons. The van der Waals surface area contributed by atoms with Crippen molar-refractivity contribution in [3.63, 3.8) is 0 Å². The highest BCUT2D eigenvalue weighted by Crippen LogP contribution is 2.37. The second kappa shape index (κ2) is 8.15. The highest BCUT2D eigenvalue weighted by Gasteiger charge is 2.27. The number of benzene rings is 1. The molecule has 1 atom stereocenters. The maximum absolute atomic E-state index is 12.9. The summed E-state index contributed by atoms with van der Waals surface area (Å²) in [6.07, 6.45) is 4.74. The average Bonchev–Trinajstić information content (AvgIpc) is 3.08. The van der Waals surface area contributed by atoms with E-state index in [9.17, 15) is 4.79 Å². The number of rotatable bonds is 3. The summed E-state index contributed by atoms with van der Waals surface area (Å²) < 4.78 is 1.85. The lowest BCUT2D eigenvalue weighted by molar-refractivity contribution is 0.102. The monoisotopic (exact) mass is 468 g/mol. The molecule has 2 heterocycles. The first-order chi connectivity index (χ1) is 13.9. The SMILES string of the molecule is Cc1cnn(C2CCCc3ccccc32)c1NC(=O)c1nc(Cl)c(Cl)c(Cl)c1Cl. The van der Waals surface area contributed by atoms with Gasteiger partial charge in [-0.2, -0.15) is 5.10 Å². The van der Waals surface area contributed by atoms with Crippen LogP contribution in [0.5, 0.6) is 0 Å². The van der Waals surface area contributed by atoms with Crippen LogP contribution in [-0.2, 0) is 6.42 Å². The Labute approximate surface area is 187 Å². The van der Waals surface area contributed by atoms with E-state index in [0.29, 0.717) is 5.82 Å².